The zero-order valence-corrected chi connectivity index (χ0v) is 23.3. The van der Waals surface area contributed by atoms with Gasteiger partial charge in [-0.1, -0.05) is 0 Å². The van der Waals surface area contributed by atoms with Gasteiger partial charge in [0.25, 0.3) is 0 Å². The van der Waals surface area contributed by atoms with E-state index in [1.165, 1.54) is 44.1 Å². The molecule has 27 heavy (non-hydrogen) atoms. The number of nitrogens with one attached hydrogen (secondary N) is 1. The van der Waals surface area contributed by atoms with Crippen LogP contribution in [0.3, 0.4) is 0 Å². The SMILES string of the molecule is CC1=C(C)C(C)[C]([Zr]([NH]C(=O)C23CC4CC(CC(C)(C4)C2)C3)[GeH]([CH3])[CH3])=C1C. The van der Waals surface area contributed by atoms with Crippen LogP contribution in [-0.2, 0) is 24.3 Å². The first kappa shape index (κ1) is 20.6. The van der Waals surface area contributed by atoms with E-state index < -0.39 is 30.1 Å². The predicted octanol–water partition coefficient (Wildman–Crippen LogP) is 5.49. The van der Waals surface area contributed by atoms with Crippen LogP contribution >= 0.6 is 0 Å². The molecule has 0 aromatic carbocycles. The summed E-state index contributed by atoms with van der Waals surface area (Å²) in [6.07, 6.45) is 7.73. The first-order chi connectivity index (χ1) is 12.6. The van der Waals surface area contributed by atoms with Crippen LogP contribution in [0.1, 0.15) is 73.1 Å². The Bertz CT molecular complexity index is 723. The fourth-order valence-electron chi connectivity index (χ4n) is 7.56. The van der Waals surface area contributed by atoms with Crippen molar-refractivity contribution in [1.82, 2.24) is 3.26 Å². The molecule has 5 rings (SSSR count). The van der Waals surface area contributed by atoms with Crippen molar-refractivity contribution in [2.75, 3.05) is 0 Å². The molecule has 3 atom stereocenters. The molecule has 4 bridgehead atoms. The number of hydrogen-bond donors (Lipinski definition) is 1. The molecular formula is C23H38GeNOZr. The third-order valence-electron chi connectivity index (χ3n) is 8.59. The van der Waals surface area contributed by atoms with Crippen LogP contribution in [0.5, 0.6) is 0 Å². The van der Waals surface area contributed by atoms with E-state index in [9.17, 15) is 4.79 Å². The van der Waals surface area contributed by atoms with Gasteiger partial charge in [-0.3, -0.25) is 0 Å². The number of rotatable bonds is 4. The summed E-state index contributed by atoms with van der Waals surface area (Å²) in [5.74, 6) is 7.82. The van der Waals surface area contributed by atoms with Crippen molar-refractivity contribution in [2.45, 2.75) is 84.7 Å². The summed E-state index contributed by atoms with van der Waals surface area (Å²) in [6.45, 7) is 11.8. The number of amides is 1. The van der Waals surface area contributed by atoms with Crippen LogP contribution in [0.2, 0.25) is 11.5 Å². The Morgan fingerprint density at radius 2 is 1.67 bits per heavy atom. The first-order valence-corrected chi connectivity index (χ1v) is 27.0. The second-order valence-corrected chi connectivity index (χ2v) is 41.9. The van der Waals surface area contributed by atoms with Crippen molar-refractivity contribution < 1.29 is 24.3 Å². The monoisotopic (exact) mass is 508 g/mol. The summed E-state index contributed by atoms with van der Waals surface area (Å²) in [5, 5.41) is 0. The molecule has 0 aromatic rings. The van der Waals surface area contributed by atoms with Gasteiger partial charge in [-0.05, 0) is 0 Å². The van der Waals surface area contributed by atoms with Gasteiger partial charge in [0, 0.05) is 0 Å². The molecule has 0 saturated heterocycles. The van der Waals surface area contributed by atoms with Crippen molar-refractivity contribution in [3.8, 4) is 0 Å². The Morgan fingerprint density at radius 1 is 1.07 bits per heavy atom. The summed E-state index contributed by atoms with van der Waals surface area (Å²) in [7, 11) is -1.38. The van der Waals surface area contributed by atoms with Gasteiger partial charge in [0.2, 0.25) is 0 Å². The molecule has 3 unspecified atom stereocenters. The average molecular weight is 508 g/mol. The van der Waals surface area contributed by atoms with Crippen molar-refractivity contribution in [1.29, 1.82) is 0 Å². The second kappa shape index (κ2) is 6.97. The molecule has 1 amide bonds. The van der Waals surface area contributed by atoms with Gasteiger partial charge in [-0.25, -0.2) is 0 Å². The molecular weight excluding hydrogens is 470 g/mol. The summed E-state index contributed by atoms with van der Waals surface area (Å²) in [4.78, 5) is 13.8. The predicted molar refractivity (Wildman–Crippen MR) is 112 cm³/mol. The van der Waals surface area contributed by atoms with E-state index in [-0.39, 0.29) is 5.41 Å². The number of hydrogen-bond acceptors (Lipinski definition) is 1. The minimum atomic E-state index is -2.04. The van der Waals surface area contributed by atoms with Crippen LogP contribution in [0.4, 0.5) is 0 Å². The molecule has 0 spiro atoms. The van der Waals surface area contributed by atoms with Gasteiger partial charge in [0.1, 0.15) is 0 Å². The maximum atomic E-state index is 13.8. The van der Waals surface area contributed by atoms with Gasteiger partial charge in [-0.2, -0.15) is 0 Å². The molecule has 5 aliphatic rings. The third-order valence-corrected chi connectivity index (χ3v) is 36.0. The zero-order valence-electron chi connectivity index (χ0n) is 18.5. The third kappa shape index (κ3) is 3.35. The van der Waals surface area contributed by atoms with Crippen molar-refractivity contribution in [3.05, 3.63) is 20.0 Å². The van der Waals surface area contributed by atoms with Crippen molar-refractivity contribution >= 4 is 16.5 Å². The van der Waals surface area contributed by atoms with E-state index in [0.29, 0.717) is 17.2 Å². The number of carbonyl (C=O) groups is 1. The van der Waals surface area contributed by atoms with Gasteiger partial charge in [0.05, 0.1) is 0 Å². The molecule has 1 N–H and O–H groups in total. The fourth-order valence-corrected chi connectivity index (χ4v) is 33.2. The summed E-state index contributed by atoms with van der Waals surface area (Å²) in [6, 6.07) is 0. The van der Waals surface area contributed by atoms with E-state index in [1.54, 1.807) is 14.4 Å². The molecule has 5 aliphatic carbocycles. The zero-order chi connectivity index (χ0) is 19.7. The van der Waals surface area contributed by atoms with Crippen LogP contribution in [0, 0.1) is 28.6 Å². The molecule has 0 aromatic heterocycles. The standard InChI is InChI=1S/C12H19NO.C9H13.C2H7Ge.Zr/c1-11-3-8-2-9(4-11)6-12(5-8,7-11)10(13)14;1-6-5-7(2)9(4)8(6)3;1-3-2;/h8-9H,2-7H2,1H3,(H2,13,14);6H,1-4H3;3H,1-2H3;/q;;;+1/p-1. The molecule has 4 saturated carbocycles. The van der Waals surface area contributed by atoms with Gasteiger partial charge < -0.3 is 0 Å². The van der Waals surface area contributed by atoms with Gasteiger partial charge in [0.15, 0.2) is 0 Å². The summed E-state index contributed by atoms with van der Waals surface area (Å²) < 4.78 is 5.63. The van der Waals surface area contributed by atoms with Gasteiger partial charge >= 0.3 is 177 Å². The molecule has 0 radical (unpaired) electrons. The van der Waals surface area contributed by atoms with E-state index in [4.69, 9.17) is 0 Å². The van der Waals surface area contributed by atoms with Gasteiger partial charge in [-0.15, -0.1) is 0 Å². The van der Waals surface area contributed by atoms with E-state index >= 15 is 0 Å². The quantitative estimate of drug-likeness (QED) is 0.501. The Labute approximate surface area is 176 Å². The average Bonchev–Trinajstić information content (AvgIpc) is 2.74. The Balaban J connectivity index is 1.60. The van der Waals surface area contributed by atoms with Crippen molar-refractivity contribution in [3.63, 3.8) is 0 Å². The van der Waals surface area contributed by atoms with Crippen LogP contribution in [0.25, 0.3) is 0 Å². The summed E-state index contributed by atoms with van der Waals surface area (Å²) >= 11 is -2.04. The van der Waals surface area contributed by atoms with Crippen LogP contribution in [-0.4, -0.2) is 16.5 Å². The van der Waals surface area contributed by atoms with Crippen LogP contribution < -0.4 is 3.26 Å². The first-order valence-electron chi connectivity index (χ1n) is 11.1. The molecule has 0 heterocycles. The molecule has 149 valence electrons. The maximum absolute atomic E-state index is 13.8. The Hall–Kier alpha value is 0.376. The molecule has 2 nitrogen and oxygen atoms in total. The normalized spacial score (nSPS) is 40.4. The van der Waals surface area contributed by atoms with E-state index in [2.05, 4.69) is 49.4 Å². The minimum absolute atomic E-state index is 0.00437. The number of carbonyl (C=O) groups excluding carboxylic acids is 1. The molecule has 4 heteroatoms. The number of allylic oxidation sites excluding steroid dienone is 4. The Morgan fingerprint density at radius 3 is 2.11 bits per heavy atom. The fraction of sp³-hybridized carbons (Fsp3) is 0.783. The summed E-state index contributed by atoms with van der Waals surface area (Å²) in [5.41, 5.74) is 5.06. The topological polar surface area (TPSA) is 29.1 Å². The second-order valence-electron chi connectivity index (χ2n) is 11.1. The van der Waals surface area contributed by atoms with E-state index in [1.807, 2.05) is 0 Å². The molecule has 0 aliphatic heterocycles. The van der Waals surface area contributed by atoms with Crippen LogP contribution in [0.15, 0.2) is 20.0 Å². The molecule has 4 fully saturated rings. The van der Waals surface area contributed by atoms with E-state index in [0.717, 1.165) is 11.8 Å². The van der Waals surface area contributed by atoms with Crippen molar-refractivity contribution in [2.24, 2.45) is 28.6 Å². The Kier molecular flexibility index (Phi) is 5.33.